The molecule has 4 rings (SSSR count). The van der Waals surface area contributed by atoms with Crippen molar-refractivity contribution in [2.45, 2.75) is 26.2 Å². The summed E-state index contributed by atoms with van der Waals surface area (Å²) in [5.41, 5.74) is 4.46. The van der Waals surface area contributed by atoms with E-state index in [1.54, 1.807) is 0 Å². The van der Waals surface area contributed by atoms with Crippen LogP contribution in [0.5, 0.6) is 5.75 Å². The summed E-state index contributed by atoms with van der Waals surface area (Å²) in [5.74, 6) is 0.919. The molecule has 26 heavy (non-hydrogen) atoms. The smallest absolute Gasteiger partial charge is 0.120 e. The number of ether oxygens (including phenoxy) is 1. The first kappa shape index (κ1) is 16.6. The fourth-order valence-electron chi connectivity index (χ4n) is 3.42. The Hall–Kier alpha value is -2.87. The first-order chi connectivity index (χ1) is 12.9. The van der Waals surface area contributed by atoms with E-state index in [4.69, 9.17) is 9.72 Å². The van der Waals surface area contributed by atoms with Crippen molar-refractivity contribution in [3.8, 4) is 16.9 Å². The zero-order valence-corrected chi connectivity index (χ0v) is 15.1. The first-order valence-corrected chi connectivity index (χ1v) is 9.37. The van der Waals surface area contributed by atoms with Gasteiger partial charge in [0.15, 0.2) is 0 Å². The molecule has 130 valence electrons. The molecule has 0 saturated carbocycles. The van der Waals surface area contributed by atoms with Gasteiger partial charge in [-0.3, -0.25) is 0 Å². The summed E-state index contributed by atoms with van der Waals surface area (Å²) >= 11 is 0. The van der Waals surface area contributed by atoms with Gasteiger partial charge in [0.2, 0.25) is 0 Å². The second-order valence-corrected chi connectivity index (χ2v) is 6.60. The molecule has 1 aromatic heterocycles. The number of para-hydroxylation sites is 1. The van der Waals surface area contributed by atoms with Crippen molar-refractivity contribution >= 4 is 21.8 Å². The minimum Gasteiger partial charge on any atom is -0.494 e. The van der Waals surface area contributed by atoms with Crippen LogP contribution in [0.2, 0.25) is 0 Å². The van der Waals surface area contributed by atoms with E-state index in [9.17, 15) is 0 Å². The largest absolute Gasteiger partial charge is 0.494 e. The molecule has 0 amide bonds. The number of nitrogens with zero attached hydrogens (tertiary/aromatic N) is 1. The van der Waals surface area contributed by atoms with E-state index in [2.05, 4.69) is 67.6 Å². The first-order valence-electron chi connectivity index (χ1n) is 9.37. The molecule has 0 unspecified atom stereocenters. The minimum absolute atomic E-state index is 0.765. The highest BCUT2D eigenvalue weighted by atomic mass is 16.5. The lowest BCUT2D eigenvalue weighted by atomic mass is 9.96. The lowest BCUT2D eigenvalue weighted by Crippen LogP contribution is -1.97. The van der Waals surface area contributed by atoms with Gasteiger partial charge in [-0.25, -0.2) is 4.98 Å². The molecule has 0 atom stereocenters. The second kappa shape index (κ2) is 7.57. The molecule has 2 nitrogen and oxygen atoms in total. The van der Waals surface area contributed by atoms with Gasteiger partial charge in [-0.2, -0.15) is 0 Å². The molecular weight excluding hydrogens is 318 g/mol. The van der Waals surface area contributed by atoms with E-state index in [-0.39, 0.29) is 0 Å². The van der Waals surface area contributed by atoms with Crippen molar-refractivity contribution in [1.82, 2.24) is 4.98 Å². The Morgan fingerprint density at radius 2 is 1.54 bits per heavy atom. The van der Waals surface area contributed by atoms with Crippen LogP contribution >= 0.6 is 0 Å². The molecule has 0 saturated heterocycles. The normalized spacial score (nSPS) is 11.1. The van der Waals surface area contributed by atoms with Gasteiger partial charge in [0.05, 0.1) is 17.6 Å². The van der Waals surface area contributed by atoms with Crippen molar-refractivity contribution in [3.63, 3.8) is 0 Å². The van der Waals surface area contributed by atoms with E-state index in [1.807, 2.05) is 12.1 Å². The second-order valence-electron chi connectivity index (χ2n) is 6.60. The fraction of sp³-hybridized carbons (Fsp3) is 0.208. The molecule has 0 aliphatic carbocycles. The lowest BCUT2D eigenvalue weighted by molar-refractivity contribution is 0.306. The highest BCUT2D eigenvalue weighted by Gasteiger charge is 2.11. The van der Waals surface area contributed by atoms with Gasteiger partial charge in [0.1, 0.15) is 5.75 Å². The van der Waals surface area contributed by atoms with Gasteiger partial charge in [-0.15, -0.1) is 0 Å². The molecule has 0 N–H and O–H groups in total. The highest BCUT2D eigenvalue weighted by Crippen LogP contribution is 2.36. The Morgan fingerprint density at radius 3 is 2.38 bits per heavy atom. The van der Waals surface area contributed by atoms with Crippen molar-refractivity contribution < 1.29 is 4.74 Å². The van der Waals surface area contributed by atoms with E-state index in [1.165, 1.54) is 29.4 Å². The number of fused-ring (bicyclic) bond motifs is 2. The van der Waals surface area contributed by atoms with Gasteiger partial charge >= 0.3 is 0 Å². The van der Waals surface area contributed by atoms with Crippen molar-refractivity contribution in [2.75, 3.05) is 6.61 Å². The summed E-state index contributed by atoms with van der Waals surface area (Å²) < 4.78 is 5.99. The molecule has 4 aromatic rings. The maximum absolute atomic E-state index is 5.99. The predicted octanol–water partition coefficient (Wildman–Crippen LogP) is 6.62. The fourth-order valence-corrected chi connectivity index (χ4v) is 3.42. The molecule has 0 aliphatic heterocycles. The Kier molecular flexibility index (Phi) is 4.83. The van der Waals surface area contributed by atoms with Crippen LogP contribution in [-0.2, 0) is 0 Å². The average Bonchev–Trinajstić information content (AvgIpc) is 2.70. The van der Waals surface area contributed by atoms with Crippen molar-refractivity contribution in [3.05, 3.63) is 72.8 Å². The van der Waals surface area contributed by atoms with Crippen LogP contribution in [0.4, 0.5) is 0 Å². The molecular formula is C24H23NO. The third kappa shape index (κ3) is 3.28. The average molecular weight is 341 g/mol. The van der Waals surface area contributed by atoms with Crippen LogP contribution in [0.25, 0.3) is 32.9 Å². The Bertz CT molecular complexity index is 1020. The van der Waals surface area contributed by atoms with Gasteiger partial charge in [0, 0.05) is 16.3 Å². The molecule has 1 heterocycles. The quantitative estimate of drug-likeness (QED) is 0.290. The third-order valence-electron chi connectivity index (χ3n) is 4.73. The molecule has 0 aliphatic rings. The van der Waals surface area contributed by atoms with E-state index >= 15 is 0 Å². The summed E-state index contributed by atoms with van der Waals surface area (Å²) in [6.07, 6.45) is 3.50. The molecule has 0 spiro atoms. The zero-order chi connectivity index (χ0) is 17.8. The van der Waals surface area contributed by atoms with Crippen LogP contribution < -0.4 is 4.74 Å². The number of hydrogen-bond donors (Lipinski definition) is 0. The Balaban J connectivity index is 1.87. The number of aromatic nitrogens is 1. The topological polar surface area (TPSA) is 22.1 Å². The summed E-state index contributed by atoms with van der Waals surface area (Å²) in [5, 5.41) is 2.32. The predicted molar refractivity (Wildman–Crippen MR) is 110 cm³/mol. The van der Waals surface area contributed by atoms with Crippen LogP contribution in [0, 0.1) is 0 Å². The van der Waals surface area contributed by atoms with Crippen molar-refractivity contribution in [2.24, 2.45) is 0 Å². The monoisotopic (exact) mass is 341 g/mol. The highest BCUT2D eigenvalue weighted by molar-refractivity contribution is 6.09. The molecule has 0 fully saturated rings. The van der Waals surface area contributed by atoms with Gasteiger partial charge in [0.25, 0.3) is 0 Å². The number of benzene rings is 3. The van der Waals surface area contributed by atoms with Gasteiger partial charge < -0.3 is 4.74 Å². The molecule has 0 bridgehead atoms. The maximum Gasteiger partial charge on any atom is 0.120 e. The summed E-state index contributed by atoms with van der Waals surface area (Å²) in [6.45, 7) is 2.97. The number of hydrogen-bond acceptors (Lipinski definition) is 2. The number of unbranched alkanes of at least 4 members (excludes halogenated alkanes) is 2. The summed E-state index contributed by atoms with van der Waals surface area (Å²) in [7, 11) is 0. The minimum atomic E-state index is 0.765. The van der Waals surface area contributed by atoms with Crippen LogP contribution in [-0.4, -0.2) is 11.6 Å². The zero-order valence-electron chi connectivity index (χ0n) is 15.1. The van der Waals surface area contributed by atoms with Gasteiger partial charge in [-0.05, 0) is 36.2 Å². The van der Waals surface area contributed by atoms with Crippen molar-refractivity contribution in [1.29, 1.82) is 0 Å². The van der Waals surface area contributed by atoms with E-state index in [0.29, 0.717) is 0 Å². The van der Waals surface area contributed by atoms with Gasteiger partial charge in [-0.1, -0.05) is 68.3 Å². The maximum atomic E-state index is 5.99. The summed E-state index contributed by atoms with van der Waals surface area (Å²) in [6, 6.07) is 25.1. The lowest BCUT2D eigenvalue weighted by Gasteiger charge is -2.13. The number of rotatable bonds is 6. The van der Waals surface area contributed by atoms with E-state index in [0.717, 1.165) is 35.2 Å². The standard InChI is InChI=1S/C24H23NO/c1-2-3-9-16-26-19-14-15-23-21(17-19)24(18-10-5-4-6-11-18)20-12-7-8-13-22(20)25-23/h4-8,10-15,17H,2-3,9,16H2,1H3. The molecule has 0 radical (unpaired) electrons. The number of pyridine rings is 1. The SMILES string of the molecule is CCCCCOc1ccc2nc3ccccc3c(-c3ccccc3)c2c1. The molecule has 3 aromatic carbocycles. The Labute approximate surface area is 154 Å². The Morgan fingerprint density at radius 1 is 0.769 bits per heavy atom. The van der Waals surface area contributed by atoms with Crippen LogP contribution in [0.3, 0.4) is 0 Å². The van der Waals surface area contributed by atoms with Crippen LogP contribution in [0.15, 0.2) is 72.8 Å². The third-order valence-corrected chi connectivity index (χ3v) is 4.73. The molecule has 2 heteroatoms. The van der Waals surface area contributed by atoms with Crippen LogP contribution in [0.1, 0.15) is 26.2 Å². The van der Waals surface area contributed by atoms with E-state index < -0.39 is 0 Å². The summed E-state index contributed by atoms with van der Waals surface area (Å²) in [4.78, 5) is 4.86.